The van der Waals surface area contributed by atoms with Gasteiger partial charge in [-0.05, 0) is 17.7 Å². The predicted molar refractivity (Wildman–Crippen MR) is 78.8 cm³/mol. The van der Waals surface area contributed by atoms with Gasteiger partial charge in [-0.1, -0.05) is 30.3 Å². The lowest BCUT2D eigenvalue weighted by atomic mass is 10.1. The number of carboxylic acids is 1. The van der Waals surface area contributed by atoms with Crippen LogP contribution in [-0.4, -0.2) is 21.9 Å². The van der Waals surface area contributed by atoms with Gasteiger partial charge in [-0.2, -0.15) is 0 Å². The number of benzene rings is 2. The molecule has 0 heterocycles. The molecular weight excluding hydrogens is 288 g/mol. The Hall–Kier alpha value is -3.22. The highest BCUT2D eigenvalue weighted by Crippen LogP contribution is 2.22. The van der Waals surface area contributed by atoms with Crippen molar-refractivity contribution < 1.29 is 19.6 Å². The topological polar surface area (TPSA) is 110 Å². The number of carbonyl (C=O) groups is 2. The number of rotatable bonds is 5. The third-order valence-corrected chi connectivity index (χ3v) is 2.91. The van der Waals surface area contributed by atoms with Crippen molar-refractivity contribution in [3.05, 3.63) is 69.8 Å². The molecule has 0 aliphatic carbocycles. The summed E-state index contributed by atoms with van der Waals surface area (Å²) in [4.78, 5) is 32.9. The first-order chi connectivity index (χ1) is 10.5. The van der Waals surface area contributed by atoms with E-state index in [1.165, 1.54) is 6.07 Å². The molecule has 0 bridgehead atoms. The van der Waals surface area contributed by atoms with Gasteiger partial charge < -0.3 is 10.4 Å². The highest BCUT2D eigenvalue weighted by atomic mass is 16.6. The summed E-state index contributed by atoms with van der Waals surface area (Å²) in [5.41, 5.74) is 0.0142. The van der Waals surface area contributed by atoms with Gasteiger partial charge in [-0.3, -0.25) is 14.9 Å². The first kappa shape index (κ1) is 15.2. The molecule has 1 amide bonds. The Bertz CT molecular complexity index is 728. The smallest absolute Gasteiger partial charge is 0.342 e. The van der Waals surface area contributed by atoms with Gasteiger partial charge in [0.15, 0.2) is 0 Å². The highest BCUT2D eigenvalue weighted by molar-refractivity contribution is 5.97. The number of hydrogen-bond acceptors (Lipinski definition) is 4. The lowest BCUT2D eigenvalue weighted by Gasteiger charge is -2.06. The van der Waals surface area contributed by atoms with E-state index in [4.69, 9.17) is 5.11 Å². The second-order valence-corrected chi connectivity index (χ2v) is 4.50. The first-order valence-corrected chi connectivity index (χ1v) is 6.33. The average Bonchev–Trinajstić information content (AvgIpc) is 2.47. The fraction of sp³-hybridized carbons (Fsp3) is 0.0667. The van der Waals surface area contributed by atoms with Crippen LogP contribution in [0, 0.1) is 10.1 Å². The summed E-state index contributed by atoms with van der Waals surface area (Å²) in [7, 11) is 0. The van der Waals surface area contributed by atoms with Crippen molar-refractivity contribution in [1.82, 2.24) is 0 Å². The number of aromatic carboxylic acids is 1. The zero-order chi connectivity index (χ0) is 16.1. The van der Waals surface area contributed by atoms with E-state index in [0.717, 1.165) is 17.7 Å². The lowest BCUT2D eigenvalue weighted by molar-refractivity contribution is -0.385. The van der Waals surface area contributed by atoms with Gasteiger partial charge in [0.2, 0.25) is 5.91 Å². The monoisotopic (exact) mass is 300 g/mol. The molecule has 0 aromatic heterocycles. The number of hydrogen-bond donors (Lipinski definition) is 2. The van der Waals surface area contributed by atoms with Crippen LogP contribution in [0.5, 0.6) is 0 Å². The van der Waals surface area contributed by atoms with E-state index in [0.29, 0.717) is 0 Å². The third-order valence-electron chi connectivity index (χ3n) is 2.91. The summed E-state index contributed by atoms with van der Waals surface area (Å²) in [6.07, 6.45) is 0.125. The van der Waals surface area contributed by atoms with Crippen LogP contribution in [0.25, 0.3) is 0 Å². The van der Waals surface area contributed by atoms with Crippen molar-refractivity contribution in [2.75, 3.05) is 5.32 Å². The number of nitro groups is 1. The number of amides is 1. The first-order valence-electron chi connectivity index (χ1n) is 6.33. The van der Waals surface area contributed by atoms with E-state index < -0.39 is 22.1 Å². The van der Waals surface area contributed by atoms with E-state index in [2.05, 4.69) is 5.32 Å². The van der Waals surface area contributed by atoms with Gasteiger partial charge in [0.05, 0.1) is 11.3 Å². The minimum atomic E-state index is -1.43. The zero-order valence-electron chi connectivity index (χ0n) is 11.4. The van der Waals surface area contributed by atoms with Gasteiger partial charge in [-0.15, -0.1) is 0 Å². The van der Waals surface area contributed by atoms with Crippen LogP contribution in [0.15, 0.2) is 48.5 Å². The fourth-order valence-corrected chi connectivity index (χ4v) is 1.93. The molecule has 112 valence electrons. The van der Waals surface area contributed by atoms with Crippen LogP contribution in [-0.2, 0) is 11.2 Å². The normalized spacial score (nSPS) is 10.0. The number of carbonyl (C=O) groups excluding carboxylic acids is 1. The van der Waals surface area contributed by atoms with E-state index >= 15 is 0 Å². The fourth-order valence-electron chi connectivity index (χ4n) is 1.93. The van der Waals surface area contributed by atoms with Crippen molar-refractivity contribution >= 4 is 23.3 Å². The maximum absolute atomic E-state index is 11.9. The Morgan fingerprint density at radius 1 is 1.14 bits per heavy atom. The Kier molecular flexibility index (Phi) is 4.47. The van der Waals surface area contributed by atoms with Crippen molar-refractivity contribution in [2.45, 2.75) is 6.42 Å². The van der Waals surface area contributed by atoms with Crippen molar-refractivity contribution in [3.63, 3.8) is 0 Å². The summed E-state index contributed by atoms with van der Waals surface area (Å²) in [5, 5.41) is 22.3. The van der Waals surface area contributed by atoms with Gasteiger partial charge >= 0.3 is 5.97 Å². The number of nitro benzene ring substituents is 1. The van der Waals surface area contributed by atoms with Crippen molar-refractivity contribution in [2.24, 2.45) is 0 Å². The number of nitrogens with zero attached hydrogens (tertiary/aromatic N) is 1. The molecule has 2 rings (SSSR count). The molecule has 7 heteroatoms. The van der Waals surface area contributed by atoms with Crippen LogP contribution in [0.4, 0.5) is 11.4 Å². The second-order valence-electron chi connectivity index (χ2n) is 4.50. The molecule has 0 radical (unpaired) electrons. The standard InChI is InChI=1S/C15H12N2O5/c18-14(8-10-4-2-1-3-5-10)16-11-6-7-13(17(21)22)12(9-11)15(19)20/h1-7,9H,8H2,(H,16,18)(H,19,20). The minimum absolute atomic E-state index is 0.125. The van der Waals surface area contributed by atoms with E-state index in [-0.39, 0.29) is 18.0 Å². The Morgan fingerprint density at radius 3 is 2.41 bits per heavy atom. The van der Waals surface area contributed by atoms with Crippen LogP contribution < -0.4 is 5.32 Å². The average molecular weight is 300 g/mol. The highest BCUT2D eigenvalue weighted by Gasteiger charge is 2.20. The quantitative estimate of drug-likeness (QED) is 0.651. The molecule has 7 nitrogen and oxygen atoms in total. The summed E-state index contributed by atoms with van der Waals surface area (Å²) < 4.78 is 0. The van der Waals surface area contributed by atoms with Gasteiger partial charge in [0, 0.05) is 11.8 Å². The Balaban J connectivity index is 2.16. The van der Waals surface area contributed by atoms with Crippen LogP contribution in [0.1, 0.15) is 15.9 Å². The van der Waals surface area contributed by atoms with Crippen LogP contribution in [0.3, 0.4) is 0 Å². The Labute approximate surface area is 125 Å². The molecule has 0 aliphatic rings. The molecule has 2 N–H and O–H groups in total. The van der Waals surface area contributed by atoms with E-state index in [9.17, 15) is 19.7 Å². The third kappa shape index (κ3) is 3.66. The number of anilines is 1. The molecule has 2 aromatic carbocycles. The van der Waals surface area contributed by atoms with Gasteiger partial charge in [-0.25, -0.2) is 4.79 Å². The second kappa shape index (κ2) is 6.49. The van der Waals surface area contributed by atoms with Crippen molar-refractivity contribution in [1.29, 1.82) is 0 Å². The van der Waals surface area contributed by atoms with Gasteiger partial charge in [0.1, 0.15) is 5.56 Å². The number of nitrogens with one attached hydrogen (secondary N) is 1. The molecule has 0 spiro atoms. The summed E-state index contributed by atoms with van der Waals surface area (Å²) in [6, 6.07) is 12.4. The SMILES string of the molecule is O=C(Cc1ccccc1)Nc1ccc([N+](=O)[O-])c(C(=O)O)c1. The van der Waals surface area contributed by atoms with Crippen molar-refractivity contribution in [3.8, 4) is 0 Å². The zero-order valence-corrected chi connectivity index (χ0v) is 11.4. The van der Waals surface area contributed by atoms with E-state index in [1.807, 2.05) is 6.07 Å². The molecule has 22 heavy (non-hydrogen) atoms. The molecular formula is C15H12N2O5. The lowest BCUT2D eigenvalue weighted by Crippen LogP contribution is -2.15. The maximum Gasteiger partial charge on any atom is 0.342 e. The minimum Gasteiger partial charge on any atom is -0.477 e. The summed E-state index contributed by atoms with van der Waals surface area (Å²) >= 11 is 0. The molecule has 0 fully saturated rings. The molecule has 2 aromatic rings. The van der Waals surface area contributed by atoms with Crippen LogP contribution >= 0.6 is 0 Å². The Morgan fingerprint density at radius 2 is 1.82 bits per heavy atom. The molecule has 0 saturated carbocycles. The van der Waals surface area contributed by atoms with Crippen LogP contribution in [0.2, 0.25) is 0 Å². The summed E-state index contributed by atoms with van der Waals surface area (Å²) in [6.45, 7) is 0. The largest absolute Gasteiger partial charge is 0.477 e. The molecule has 0 atom stereocenters. The summed E-state index contributed by atoms with van der Waals surface area (Å²) in [5.74, 6) is -1.76. The van der Waals surface area contributed by atoms with E-state index in [1.54, 1.807) is 24.3 Å². The molecule has 0 saturated heterocycles. The predicted octanol–water partition coefficient (Wildman–Crippen LogP) is 2.47. The maximum atomic E-state index is 11.9. The molecule has 0 unspecified atom stereocenters. The van der Waals surface area contributed by atoms with Gasteiger partial charge in [0.25, 0.3) is 5.69 Å². The number of carboxylic acid groups (broad SMARTS) is 1. The molecule has 0 aliphatic heterocycles.